The van der Waals surface area contributed by atoms with Crippen LogP contribution in [0.25, 0.3) is 0 Å². The maximum absolute atomic E-state index is 10.2. The molecule has 1 atom stereocenters. The van der Waals surface area contributed by atoms with Crippen LogP contribution in [0.4, 0.5) is 0 Å². The van der Waals surface area contributed by atoms with E-state index < -0.39 is 5.97 Å². The highest BCUT2D eigenvalue weighted by Gasteiger charge is 2.07. The van der Waals surface area contributed by atoms with E-state index in [1.807, 2.05) is 0 Å². The number of rotatable bonds is 9. The monoisotopic (exact) mass is 240 g/mol. The van der Waals surface area contributed by atoms with E-state index in [1.165, 1.54) is 0 Å². The van der Waals surface area contributed by atoms with Gasteiger partial charge in [-0.25, -0.2) is 0 Å². The lowest BCUT2D eigenvalue weighted by molar-refractivity contribution is -0.137. The van der Waals surface area contributed by atoms with Crippen LogP contribution in [-0.4, -0.2) is 23.8 Å². The second-order valence-electron chi connectivity index (χ2n) is 2.99. The van der Waals surface area contributed by atoms with Gasteiger partial charge in [-0.3, -0.25) is 4.79 Å². The highest BCUT2D eigenvalue weighted by Crippen LogP contribution is 2.12. The average molecular weight is 240 g/mol. The van der Waals surface area contributed by atoms with E-state index in [2.05, 4.69) is 30.0 Å². The van der Waals surface area contributed by atoms with Gasteiger partial charge in [-0.2, -0.15) is 0 Å². The summed E-state index contributed by atoms with van der Waals surface area (Å²) < 4.78 is 9.50. The molecule has 0 aromatic carbocycles. The summed E-state index contributed by atoms with van der Waals surface area (Å²) in [5, 5.41) is 8.40. The third-order valence-electron chi connectivity index (χ3n) is 1.85. The molecule has 14 heavy (non-hydrogen) atoms. The number of carboxylic acids is 1. The molecular formula is C8H16O4S2. The van der Waals surface area contributed by atoms with Crippen LogP contribution in [0, 0.1) is 0 Å². The Morgan fingerprint density at radius 1 is 1.29 bits per heavy atom. The molecule has 6 heteroatoms. The van der Waals surface area contributed by atoms with Crippen molar-refractivity contribution < 1.29 is 18.3 Å². The Hall–Kier alpha value is 0.0900. The van der Waals surface area contributed by atoms with Crippen molar-refractivity contribution in [1.29, 1.82) is 0 Å². The molecule has 0 heterocycles. The van der Waals surface area contributed by atoms with Crippen molar-refractivity contribution in [3.05, 3.63) is 0 Å². The van der Waals surface area contributed by atoms with Crippen molar-refractivity contribution in [3.8, 4) is 0 Å². The minimum Gasteiger partial charge on any atom is -0.481 e. The molecule has 0 fully saturated rings. The highest BCUT2D eigenvalue weighted by atomic mass is 32.1. The molecule has 0 aliphatic heterocycles. The van der Waals surface area contributed by atoms with Crippen LogP contribution in [0.15, 0.2) is 0 Å². The Balaban J connectivity index is 3.37. The molecule has 84 valence electrons. The number of thiol groups is 2. The molecule has 0 spiro atoms. The molecule has 0 bridgehead atoms. The first-order valence-electron chi connectivity index (χ1n) is 4.49. The van der Waals surface area contributed by atoms with Crippen LogP contribution in [0.1, 0.15) is 32.1 Å². The minimum atomic E-state index is -0.757. The Morgan fingerprint density at radius 2 is 2.00 bits per heavy atom. The van der Waals surface area contributed by atoms with Crippen molar-refractivity contribution in [3.63, 3.8) is 0 Å². The first-order chi connectivity index (χ1) is 6.70. The standard InChI is InChI=1S/C8H16O4S2/c9-8(10)4-2-1-3-7(12-14)5-6-11-13/h7,13-14H,1-6H2,(H,9,10). The normalized spacial score (nSPS) is 12.7. The molecule has 0 saturated carbocycles. The van der Waals surface area contributed by atoms with Gasteiger partial charge in [0.2, 0.25) is 0 Å². The number of unbranched alkanes of at least 4 members (excludes halogenated alkanes) is 1. The van der Waals surface area contributed by atoms with Crippen molar-refractivity contribution >= 4 is 31.8 Å². The van der Waals surface area contributed by atoms with Gasteiger partial charge in [0.1, 0.15) is 0 Å². The smallest absolute Gasteiger partial charge is 0.303 e. The average Bonchev–Trinajstić information content (AvgIpc) is 2.16. The lowest BCUT2D eigenvalue weighted by Crippen LogP contribution is -2.10. The fourth-order valence-corrected chi connectivity index (χ4v) is 1.40. The second kappa shape index (κ2) is 9.64. The molecule has 1 N–H and O–H groups in total. The lowest BCUT2D eigenvalue weighted by Gasteiger charge is -2.12. The minimum absolute atomic E-state index is 0.0132. The first kappa shape index (κ1) is 14.1. The molecule has 0 aromatic rings. The van der Waals surface area contributed by atoms with Gasteiger partial charge < -0.3 is 13.5 Å². The van der Waals surface area contributed by atoms with Crippen LogP contribution in [0.2, 0.25) is 0 Å². The predicted molar refractivity (Wildman–Crippen MR) is 59.5 cm³/mol. The summed E-state index contributed by atoms with van der Waals surface area (Å²) in [6.07, 6.45) is 3.24. The summed E-state index contributed by atoms with van der Waals surface area (Å²) in [4.78, 5) is 10.2. The van der Waals surface area contributed by atoms with Gasteiger partial charge >= 0.3 is 5.97 Å². The number of carboxylic acid groups (broad SMARTS) is 1. The van der Waals surface area contributed by atoms with Crippen molar-refractivity contribution in [2.75, 3.05) is 6.61 Å². The number of hydrogen-bond donors (Lipinski definition) is 3. The molecule has 0 radical (unpaired) electrons. The van der Waals surface area contributed by atoms with Gasteiger partial charge in [0, 0.05) is 6.42 Å². The van der Waals surface area contributed by atoms with E-state index in [1.54, 1.807) is 0 Å². The second-order valence-corrected chi connectivity index (χ2v) is 3.46. The summed E-state index contributed by atoms with van der Waals surface area (Å²) in [5.74, 6) is -0.757. The molecule has 0 aromatic heterocycles. The SMILES string of the molecule is O=C(O)CCCCC(CCOS)OS. The lowest BCUT2D eigenvalue weighted by atomic mass is 10.1. The zero-order valence-electron chi connectivity index (χ0n) is 7.89. The van der Waals surface area contributed by atoms with Gasteiger partial charge in [0.05, 0.1) is 12.7 Å². The highest BCUT2D eigenvalue weighted by molar-refractivity contribution is 7.75. The summed E-state index contributed by atoms with van der Waals surface area (Å²) >= 11 is 7.35. The van der Waals surface area contributed by atoms with Gasteiger partial charge in [-0.15, -0.1) is 0 Å². The van der Waals surface area contributed by atoms with E-state index in [0.29, 0.717) is 13.0 Å². The molecule has 0 amide bonds. The molecule has 0 saturated heterocycles. The zero-order chi connectivity index (χ0) is 10.8. The van der Waals surface area contributed by atoms with E-state index in [4.69, 9.17) is 9.29 Å². The molecular weight excluding hydrogens is 224 g/mol. The van der Waals surface area contributed by atoms with Gasteiger partial charge in [0.15, 0.2) is 0 Å². The quantitative estimate of drug-likeness (QED) is 0.328. The summed E-state index contributed by atoms with van der Waals surface area (Å²) in [6.45, 7) is 0.507. The predicted octanol–water partition coefficient (Wildman–Crippen LogP) is 2.11. The van der Waals surface area contributed by atoms with Crippen molar-refractivity contribution in [1.82, 2.24) is 0 Å². The number of carbonyl (C=O) groups is 1. The van der Waals surface area contributed by atoms with Gasteiger partial charge in [-0.1, -0.05) is 6.42 Å². The van der Waals surface area contributed by atoms with Crippen LogP contribution < -0.4 is 0 Å². The molecule has 0 rings (SSSR count). The van der Waals surface area contributed by atoms with Gasteiger partial charge in [0.25, 0.3) is 0 Å². The van der Waals surface area contributed by atoms with Crippen LogP contribution in [0.3, 0.4) is 0 Å². The summed E-state index contributed by atoms with van der Waals surface area (Å²) in [5.41, 5.74) is 0. The zero-order valence-corrected chi connectivity index (χ0v) is 9.68. The van der Waals surface area contributed by atoms with E-state index in [0.717, 1.165) is 19.3 Å². The summed E-state index contributed by atoms with van der Waals surface area (Å²) in [7, 11) is 0. The van der Waals surface area contributed by atoms with E-state index in [9.17, 15) is 4.79 Å². The number of aliphatic carboxylic acids is 1. The van der Waals surface area contributed by atoms with E-state index >= 15 is 0 Å². The molecule has 1 unspecified atom stereocenters. The maximum atomic E-state index is 10.2. The fourth-order valence-electron chi connectivity index (χ4n) is 1.08. The Bertz CT molecular complexity index is 154. The Morgan fingerprint density at radius 3 is 2.50 bits per heavy atom. The Labute approximate surface area is 95.2 Å². The number of hydrogen-bond acceptors (Lipinski definition) is 5. The van der Waals surface area contributed by atoms with Crippen molar-refractivity contribution in [2.24, 2.45) is 0 Å². The third kappa shape index (κ3) is 8.68. The largest absolute Gasteiger partial charge is 0.481 e. The van der Waals surface area contributed by atoms with E-state index in [-0.39, 0.29) is 12.5 Å². The molecule has 4 nitrogen and oxygen atoms in total. The van der Waals surface area contributed by atoms with Crippen LogP contribution >= 0.6 is 25.8 Å². The molecule has 0 aliphatic carbocycles. The van der Waals surface area contributed by atoms with Gasteiger partial charge in [-0.05, 0) is 45.1 Å². The Kier molecular flexibility index (Phi) is 9.70. The fraction of sp³-hybridized carbons (Fsp3) is 0.875. The van der Waals surface area contributed by atoms with Crippen LogP contribution in [-0.2, 0) is 13.2 Å². The van der Waals surface area contributed by atoms with Crippen LogP contribution in [0.5, 0.6) is 0 Å². The maximum Gasteiger partial charge on any atom is 0.303 e. The van der Waals surface area contributed by atoms with Crippen molar-refractivity contribution in [2.45, 2.75) is 38.2 Å². The molecule has 0 aliphatic rings. The third-order valence-corrected chi connectivity index (χ3v) is 2.33. The summed E-state index contributed by atoms with van der Waals surface area (Å²) in [6, 6.07) is 0. The topological polar surface area (TPSA) is 55.8 Å². The first-order valence-corrected chi connectivity index (χ1v) is 5.22.